The molecule has 0 aromatic carbocycles. The van der Waals surface area contributed by atoms with E-state index in [9.17, 15) is 4.79 Å². The van der Waals surface area contributed by atoms with Gasteiger partial charge in [-0.3, -0.25) is 4.79 Å². The summed E-state index contributed by atoms with van der Waals surface area (Å²) < 4.78 is 4.61. The smallest absolute Gasteiger partial charge is 0.298 e. The number of carbonyl (C=O) groups is 1. The minimum atomic E-state index is 0.463. The number of hydrogen-bond acceptors (Lipinski definition) is 2. The SMILES string of the molecule is CC/C=C(\CC)OC=O. The molecule has 0 unspecified atom stereocenters. The zero-order valence-electron chi connectivity index (χ0n) is 5.89. The number of rotatable bonds is 4. The molecule has 0 N–H and O–H groups in total. The third kappa shape index (κ3) is 3.76. The molecule has 0 aliphatic carbocycles. The summed E-state index contributed by atoms with van der Waals surface area (Å²) in [6, 6.07) is 0. The second-order valence-corrected chi connectivity index (χ2v) is 1.65. The van der Waals surface area contributed by atoms with Crippen molar-refractivity contribution in [1.82, 2.24) is 0 Å². The fourth-order valence-electron chi connectivity index (χ4n) is 0.565. The Bertz CT molecular complexity index is 105. The van der Waals surface area contributed by atoms with Crippen LogP contribution in [-0.2, 0) is 9.53 Å². The van der Waals surface area contributed by atoms with Crippen LogP contribution < -0.4 is 0 Å². The Morgan fingerprint density at radius 2 is 2.22 bits per heavy atom. The van der Waals surface area contributed by atoms with Crippen LogP contribution in [0, 0.1) is 0 Å². The van der Waals surface area contributed by atoms with Crippen molar-refractivity contribution in [3.05, 3.63) is 11.8 Å². The number of allylic oxidation sites excluding steroid dienone is 2. The fraction of sp³-hybridized carbons (Fsp3) is 0.571. The Morgan fingerprint density at radius 3 is 2.56 bits per heavy atom. The lowest BCUT2D eigenvalue weighted by Gasteiger charge is -1.97. The first-order valence-corrected chi connectivity index (χ1v) is 3.14. The topological polar surface area (TPSA) is 26.3 Å². The molecule has 0 radical (unpaired) electrons. The van der Waals surface area contributed by atoms with Gasteiger partial charge in [0.2, 0.25) is 0 Å². The average molecular weight is 128 g/mol. The van der Waals surface area contributed by atoms with Crippen molar-refractivity contribution >= 4 is 6.47 Å². The number of ether oxygens (including phenoxy) is 1. The molecule has 9 heavy (non-hydrogen) atoms. The quantitative estimate of drug-likeness (QED) is 0.426. The van der Waals surface area contributed by atoms with E-state index in [4.69, 9.17) is 0 Å². The number of carbonyl (C=O) groups excluding carboxylic acids is 1. The summed E-state index contributed by atoms with van der Waals surface area (Å²) in [4.78, 5) is 9.79. The van der Waals surface area contributed by atoms with Gasteiger partial charge in [0.1, 0.15) is 5.76 Å². The Hall–Kier alpha value is -0.790. The maximum absolute atomic E-state index is 9.79. The van der Waals surface area contributed by atoms with Crippen molar-refractivity contribution in [3.63, 3.8) is 0 Å². The molecule has 0 spiro atoms. The van der Waals surface area contributed by atoms with Crippen LogP contribution in [0.3, 0.4) is 0 Å². The lowest BCUT2D eigenvalue weighted by Crippen LogP contribution is -1.86. The summed E-state index contributed by atoms with van der Waals surface area (Å²) in [6.07, 6.45) is 3.60. The summed E-state index contributed by atoms with van der Waals surface area (Å²) in [6.45, 7) is 4.42. The maximum Gasteiger partial charge on any atom is 0.298 e. The van der Waals surface area contributed by atoms with Crippen LogP contribution >= 0.6 is 0 Å². The number of hydrogen-bond donors (Lipinski definition) is 0. The average Bonchev–Trinajstić information content (AvgIpc) is 1.88. The van der Waals surface area contributed by atoms with Crippen molar-refractivity contribution < 1.29 is 9.53 Å². The monoisotopic (exact) mass is 128 g/mol. The summed E-state index contributed by atoms with van der Waals surface area (Å²) in [5.74, 6) is 0.757. The van der Waals surface area contributed by atoms with E-state index < -0.39 is 0 Å². The highest BCUT2D eigenvalue weighted by molar-refractivity contribution is 5.39. The van der Waals surface area contributed by atoms with Gasteiger partial charge in [0.15, 0.2) is 0 Å². The molecule has 0 bridgehead atoms. The van der Waals surface area contributed by atoms with Crippen molar-refractivity contribution in [2.24, 2.45) is 0 Å². The largest absolute Gasteiger partial charge is 0.434 e. The van der Waals surface area contributed by atoms with E-state index in [2.05, 4.69) is 4.74 Å². The molecule has 2 heteroatoms. The Morgan fingerprint density at radius 1 is 1.56 bits per heavy atom. The zero-order valence-corrected chi connectivity index (χ0v) is 5.89. The molecule has 0 amide bonds. The van der Waals surface area contributed by atoms with Gasteiger partial charge in [-0.1, -0.05) is 13.8 Å². The van der Waals surface area contributed by atoms with Crippen molar-refractivity contribution in [1.29, 1.82) is 0 Å². The first-order valence-electron chi connectivity index (χ1n) is 3.14. The van der Waals surface area contributed by atoms with Gasteiger partial charge in [0, 0.05) is 6.42 Å². The van der Waals surface area contributed by atoms with Crippen LogP contribution in [0.1, 0.15) is 26.7 Å². The molecule has 0 aliphatic heterocycles. The third-order valence-corrected chi connectivity index (χ3v) is 0.980. The molecular formula is C7H12O2. The molecule has 0 aromatic heterocycles. The molecule has 0 atom stereocenters. The van der Waals surface area contributed by atoms with Gasteiger partial charge in [-0.2, -0.15) is 0 Å². The van der Waals surface area contributed by atoms with Gasteiger partial charge in [-0.05, 0) is 12.5 Å². The highest BCUT2D eigenvalue weighted by Gasteiger charge is 1.89. The second-order valence-electron chi connectivity index (χ2n) is 1.65. The second kappa shape index (κ2) is 5.35. The molecule has 52 valence electrons. The van der Waals surface area contributed by atoms with E-state index in [-0.39, 0.29) is 0 Å². The van der Waals surface area contributed by atoms with E-state index in [1.54, 1.807) is 0 Å². The summed E-state index contributed by atoms with van der Waals surface area (Å²) in [5.41, 5.74) is 0. The van der Waals surface area contributed by atoms with Gasteiger partial charge in [-0.25, -0.2) is 0 Å². The standard InChI is InChI=1S/C7H12O2/c1-3-5-7(4-2)9-6-8/h5-6H,3-4H2,1-2H3/b7-5+. The molecule has 0 saturated carbocycles. The lowest BCUT2D eigenvalue weighted by molar-refractivity contribution is -0.125. The third-order valence-electron chi connectivity index (χ3n) is 0.980. The molecule has 0 aromatic rings. The Labute approximate surface area is 55.5 Å². The van der Waals surface area contributed by atoms with Gasteiger partial charge >= 0.3 is 0 Å². The van der Waals surface area contributed by atoms with E-state index in [0.717, 1.165) is 18.6 Å². The first kappa shape index (κ1) is 8.21. The van der Waals surface area contributed by atoms with Crippen molar-refractivity contribution in [2.75, 3.05) is 0 Å². The normalized spacial score (nSPS) is 11.1. The Balaban J connectivity index is 3.65. The van der Waals surface area contributed by atoms with Crippen molar-refractivity contribution in [2.45, 2.75) is 26.7 Å². The minimum absolute atomic E-state index is 0.463. The minimum Gasteiger partial charge on any atom is -0.434 e. The molecule has 0 saturated heterocycles. The van der Waals surface area contributed by atoms with Crippen LogP contribution in [-0.4, -0.2) is 6.47 Å². The van der Waals surface area contributed by atoms with Gasteiger partial charge in [0.25, 0.3) is 6.47 Å². The summed E-state index contributed by atoms with van der Waals surface area (Å²) in [7, 11) is 0. The lowest BCUT2D eigenvalue weighted by atomic mass is 10.3. The maximum atomic E-state index is 9.79. The molecule has 2 nitrogen and oxygen atoms in total. The first-order chi connectivity index (χ1) is 4.35. The van der Waals surface area contributed by atoms with Gasteiger partial charge in [-0.15, -0.1) is 0 Å². The van der Waals surface area contributed by atoms with Crippen molar-refractivity contribution in [3.8, 4) is 0 Å². The van der Waals surface area contributed by atoms with Gasteiger partial charge in [0.05, 0.1) is 0 Å². The van der Waals surface area contributed by atoms with Crippen LogP contribution in [0.15, 0.2) is 11.8 Å². The predicted octanol–water partition coefficient (Wildman–Crippen LogP) is 1.86. The predicted molar refractivity (Wildman–Crippen MR) is 35.8 cm³/mol. The molecule has 0 aliphatic rings. The molecule has 0 fully saturated rings. The summed E-state index contributed by atoms with van der Waals surface area (Å²) >= 11 is 0. The zero-order chi connectivity index (χ0) is 7.11. The molecule has 0 heterocycles. The van der Waals surface area contributed by atoms with Crippen LogP contribution in [0.2, 0.25) is 0 Å². The highest BCUT2D eigenvalue weighted by atomic mass is 16.5. The fourth-order valence-corrected chi connectivity index (χ4v) is 0.565. The van der Waals surface area contributed by atoms with Crippen LogP contribution in [0.4, 0.5) is 0 Å². The van der Waals surface area contributed by atoms with E-state index >= 15 is 0 Å². The van der Waals surface area contributed by atoms with E-state index in [0.29, 0.717) is 6.47 Å². The van der Waals surface area contributed by atoms with E-state index in [1.807, 2.05) is 19.9 Å². The molecule has 0 rings (SSSR count). The highest BCUT2D eigenvalue weighted by Crippen LogP contribution is 2.01. The van der Waals surface area contributed by atoms with Crippen LogP contribution in [0.5, 0.6) is 0 Å². The Kier molecular flexibility index (Phi) is 4.88. The summed E-state index contributed by atoms with van der Waals surface area (Å²) in [5, 5.41) is 0. The molecular weight excluding hydrogens is 116 g/mol. The van der Waals surface area contributed by atoms with Crippen LogP contribution in [0.25, 0.3) is 0 Å². The van der Waals surface area contributed by atoms with Gasteiger partial charge < -0.3 is 4.74 Å². The van der Waals surface area contributed by atoms with E-state index in [1.165, 1.54) is 0 Å².